The van der Waals surface area contributed by atoms with Gasteiger partial charge in [0.15, 0.2) is 11.0 Å². The lowest BCUT2D eigenvalue weighted by atomic mass is 10.2. The zero-order valence-electron chi connectivity index (χ0n) is 17.4. The summed E-state index contributed by atoms with van der Waals surface area (Å²) in [4.78, 5) is 12.4. The zero-order chi connectivity index (χ0) is 22.3. The van der Waals surface area contributed by atoms with Crippen LogP contribution < -0.4 is 10.1 Å². The van der Waals surface area contributed by atoms with Crippen molar-refractivity contribution in [2.75, 3.05) is 11.1 Å². The first-order chi connectivity index (χ1) is 15.6. The normalized spacial score (nSPS) is 10.7. The number of hydrogen-bond acceptors (Lipinski definition) is 5. The molecular weight excluding hydrogens is 444 g/mol. The smallest absolute Gasteiger partial charge is 0.234 e. The quantitative estimate of drug-likeness (QED) is 0.347. The first-order valence-electron chi connectivity index (χ1n) is 9.96. The number of amides is 1. The van der Waals surface area contributed by atoms with E-state index in [9.17, 15) is 4.79 Å². The van der Waals surface area contributed by atoms with Gasteiger partial charge < -0.3 is 10.1 Å². The Kier molecular flexibility index (Phi) is 7.09. The van der Waals surface area contributed by atoms with Gasteiger partial charge in [-0.1, -0.05) is 71.4 Å². The van der Waals surface area contributed by atoms with Crippen molar-refractivity contribution in [3.63, 3.8) is 0 Å². The monoisotopic (exact) mass is 464 g/mol. The maximum atomic E-state index is 12.4. The molecule has 0 aliphatic rings. The minimum Gasteiger partial charge on any atom is -0.484 e. The number of carbonyl (C=O) groups excluding carboxylic acids is 1. The number of nitrogens with one attached hydrogen (secondary N) is 1. The maximum Gasteiger partial charge on any atom is 0.234 e. The second kappa shape index (κ2) is 10.3. The third kappa shape index (κ3) is 5.49. The van der Waals surface area contributed by atoms with E-state index in [1.807, 2.05) is 78.2 Å². The highest BCUT2D eigenvalue weighted by atomic mass is 35.5. The van der Waals surface area contributed by atoms with E-state index in [4.69, 9.17) is 16.3 Å². The molecule has 1 aromatic heterocycles. The van der Waals surface area contributed by atoms with Crippen molar-refractivity contribution in [1.82, 2.24) is 14.8 Å². The minimum atomic E-state index is -0.115. The number of halogens is 1. The fraction of sp³-hybridized carbons (Fsp3) is 0.125. The lowest BCUT2D eigenvalue weighted by molar-refractivity contribution is -0.113. The fourth-order valence-corrected chi connectivity index (χ4v) is 3.95. The number of thioether (sulfide) groups is 1. The predicted molar refractivity (Wildman–Crippen MR) is 128 cm³/mol. The highest BCUT2D eigenvalue weighted by Crippen LogP contribution is 2.26. The van der Waals surface area contributed by atoms with Crippen LogP contribution in [-0.2, 0) is 11.4 Å². The van der Waals surface area contributed by atoms with Gasteiger partial charge >= 0.3 is 0 Å². The molecule has 0 aliphatic heterocycles. The third-order valence-corrected chi connectivity index (χ3v) is 5.82. The fourth-order valence-electron chi connectivity index (χ4n) is 2.99. The lowest BCUT2D eigenvalue weighted by Gasteiger charge is -2.12. The standard InChI is InChI=1S/C24H21ClN4O2S/c1-17-11-13-18(14-12-17)26-23(30)16-32-24-28-27-22(29(24)19-7-3-2-4-8-19)15-31-21-10-6-5-9-20(21)25/h2-14H,15-16H2,1H3,(H,26,30). The molecule has 0 atom stereocenters. The van der Waals surface area contributed by atoms with Gasteiger partial charge in [-0.15, -0.1) is 10.2 Å². The SMILES string of the molecule is Cc1ccc(NC(=O)CSc2nnc(COc3ccccc3Cl)n2-c2ccccc2)cc1. The van der Waals surface area contributed by atoms with E-state index < -0.39 is 0 Å². The van der Waals surface area contributed by atoms with E-state index in [-0.39, 0.29) is 18.3 Å². The van der Waals surface area contributed by atoms with Gasteiger partial charge in [0.1, 0.15) is 12.4 Å². The van der Waals surface area contributed by atoms with E-state index in [2.05, 4.69) is 15.5 Å². The summed E-state index contributed by atoms with van der Waals surface area (Å²) in [5.41, 5.74) is 2.79. The molecule has 4 aromatic rings. The number of hydrogen-bond donors (Lipinski definition) is 1. The molecule has 1 amide bonds. The lowest BCUT2D eigenvalue weighted by Crippen LogP contribution is -2.14. The molecule has 0 aliphatic carbocycles. The highest BCUT2D eigenvalue weighted by molar-refractivity contribution is 7.99. The number of benzene rings is 3. The predicted octanol–water partition coefficient (Wildman–Crippen LogP) is 5.54. The van der Waals surface area contributed by atoms with Gasteiger partial charge in [-0.05, 0) is 43.3 Å². The summed E-state index contributed by atoms with van der Waals surface area (Å²) in [7, 11) is 0. The molecule has 4 rings (SSSR count). The van der Waals surface area contributed by atoms with Crippen LogP contribution in [0.25, 0.3) is 5.69 Å². The molecule has 0 radical (unpaired) electrons. The first-order valence-corrected chi connectivity index (χ1v) is 11.3. The first kappa shape index (κ1) is 21.9. The molecule has 162 valence electrons. The van der Waals surface area contributed by atoms with E-state index >= 15 is 0 Å². The Balaban J connectivity index is 1.49. The number of nitrogens with zero attached hydrogens (tertiary/aromatic N) is 3. The number of aromatic nitrogens is 3. The van der Waals surface area contributed by atoms with E-state index in [1.165, 1.54) is 11.8 Å². The van der Waals surface area contributed by atoms with Crippen molar-refractivity contribution in [2.24, 2.45) is 0 Å². The van der Waals surface area contributed by atoms with E-state index in [0.29, 0.717) is 21.8 Å². The molecule has 1 heterocycles. The third-order valence-electron chi connectivity index (χ3n) is 4.58. The number of aryl methyl sites for hydroxylation is 1. The summed E-state index contributed by atoms with van der Waals surface area (Å²) >= 11 is 7.51. The number of ether oxygens (including phenoxy) is 1. The van der Waals surface area contributed by atoms with Gasteiger partial charge in [-0.25, -0.2) is 0 Å². The molecular formula is C24H21ClN4O2S. The molecule has 0 bridgehead atoms. The van der Waals surface area contributed by atoms with Gasteiger partial charge in [-0.3, -0.25) is 9.36 Å². The topological polar surface area (TPSA) is 69.0 Å². The minimum absolute atomic E-state index is 0.115. The number of carbonyl (C=O) groups is 1. The molecule has 3 aromatic carbocycles. The van der Waals surface area contributed by atoms with Gasteiger partial charge in [0.25, 0.3) is 0 Å². The summed E-state index contributed by atoms with van der Waals surface area (Å²) in [5, 5.41) is 12.6. The molecule has 0 spiro atoms. The number of rotatable bonds is 8. The van der Waals surface area contributed by atoms with Crippen LogP contribution in [0.3, 0.4) is 0 Å². The molecule has 8 heteroatoms. The Morgan fingerprint density at radius 1 is 1.00 bits per heavy atom. The largest absolute Gasteiger partial charge is 0.484 e. The molecule has 0 saturated heterocycles. The molecule has 32 heavy (non-hydrogen) atoms. The van der Waals surface area contributed by atoms with Crippen LogP contribution in [-0.4, -0.2) is 26.4 Å². The van der Waals surface area contributed by atoms with E-state index in [1.54, 1.807) is 12.1 Å². The second-order valence-corrected chi connectivity index (χ2v) is 8.34. The van der Waals surface area contributed by atoms with Crippen LogP contribution in [0.15, 0.2) is 84.0 Å². The van der Waals surface area contributed by atoms with Crippen molar-refractivity contribution in [2.45, 2.75) is 18.7 Å². The van der Waals surface area contributed by atoms with E-state index in [0.717, 1.165) is 16.9 Å². The average molecular weight is 465 g/mol. The Hall–Kier alpha value is -3.29. The molecule has 0 unspecified atom stereocenters. The summed E-state index contributed by atoms with van der Waals surface area (Å²) in [6.07, 6.45) is 0. The van der Waals surface area contributed by atoms with Crippen LogP contribution in [0.1, 0.15) is 11.4 Å². The van der Waals surface area contributed by atoms with Gasteiger partial charge in [0.05, 0.1) is 10.8 Å². The Labute approximate surface area is 195 Å². The van der Waals surface area contributed by atoms with Crippen molar-refractivity contribution < 1.29 is 9.53 Å². The Morgan fingerprint density at radius 2 is 1.72 bits per heavy atom. The summed E-state index contributed by atoms with van der Waals surface area (Å²) in [6.45, 7) is 2.19. The van der Waals surface area contributed by atoms with Crippen molar-refractivity contribution in [3.8, 4) is 11.4 Å². The van der Waals surface area contributed by atoms with Gasteiger partial charge in [0, 0.05) is 11.4 Å². The van der Waals surface area contributed by atoms with Crippen LogP contribution >= 0.6 is 23.4 Å². The Morgan fingerprint density at radius 3 is 2.47 bits per heavy atom. The van der Waals surface area contributed by atoms with Crippen molar-refractivity contribution in [3.05, 3.63) is 95.3 Å². The van der Waals surface area contributed by atoms with Crippen molar-refractivity contribution >= 4 is 35.0 Å². The maximum absolute atomic E-state index is 12.4. The van der Waals surface area contributed by atoms with Gasteiger partial charge in [0.2, 0.25) is 5.91 Å². The second-order valence-electron chi connectivity index (χ2n) is 6.99. The summed E-state index contributed by atoms with van der Waals surface area (Å²) in [5.74, 6) is 1.26. The zero-order valence-corrected chi connectivity index (χ0v) is 18.9. The molecule has 6 nitrogen and oxygen atoms in total. The van der Waals surface area contributed by atoms with Crippen LogP contribution in [0.5, 0.6) is 5.75 Å². The summed E-state index contributed by atoms with van der Waals surface area (Å²) < 4.78 is 7.76. The average Bonchev–Trinajstić information content (AvgIpc) is 3.22. The molecule has 0 fully saturated rings. The number of anilines is 1. The van der Waals surface area contributed by atoms with Crippen LogP contribution in [0.4, 0.5) is 5.69 Å². The van der Waals surface area contributed by atoms with Crippen molar-refractivity contribution in [1.29, 1.82) is 0 Å². The summed E-state index contributed by atoms with van der Waals surface area (Å²) in [6, 6.07) is 24.7. The highest BCUT2D eigenvalue weighted by Gasteiger charge is 2.17. The molecule has 1 N–H and O–H groups in total. The number of para-hydroxylation sites is 2. The van der Waals surface area contributed by atoms with Crippen LogP contribution in [0.2, 0.25) is 5.02 Å². The van der Waals surface area contributed by atoms with Crippen LogP contribution in [0, 0.1) is 6.92 Å². The Bertz CT molecular complexity index is 1200. The molecule has 0 saturated carbocycles. The van der Waals surface area contributed by atoms with Gasteiger partial charge in [-0.2, -0.15) is 0 Å².